The molecule has 2 rings (SSSR count). The third-order valence-electron chi connectivity index (χ3n) is 2.82. The van der Waals surface area contributed by atoms with Crippen LogP contribution in [0.1, 0.15) is 16.8 Å². The van der Waals surface area contributed by atoms with E-state index in [-0.39, 0.29) is 6.61 Å². The van der Waals surface area contributed by atoms with Gasteiger partial charge in [0.1, 0.15) is 18.9 Å². The fourth-order valence-electron chi connectivity index (χ4n) is 1.98. The van der Waals surface area contributed by atoms with Crippen molar-refractivity contribution < 1.29 is 19.4 Å². The zero-order chi connectivity index (χ0) is 13.8. The van der Waals surface area contributed by atoms with E-state index >= 15 is 0 Å². The third kappa shape index (κ3) is 2.56. The molecule has 0 saturated heterocycles. The van der Waals surface area contributed by atoms with E-state index in [9.17, 15) is 4.79 Å². The first-order chi connectivity index (χ1) is 9.19. The number of anilines is 2. The first kappa shape index (κ1) is 13.4. The number of carbonyl (C=O) groups excluding carboxylic acids is 1. The highest BCUT2D eigenvalue weighted by molar-refractivity contribution is 5.90. The average molecular weight is 267 g/mol. The first-order valence-electron chi connectivity index (χ1n) is 5.99. The largest absolute Gasteiger partial charge is 0.485 e. The fourth-order valence-corrected chi connectivity index (χ4v) is 1.98. The Balaban J connectivity index is 2.45. The van der Waals surface area contributed by atoms with Gasteiger partial charge >= 0.3 is 0 Å². The Bertz CT molecular complexity index is 479. The molecule has 1 heterocycles. The van der Waals surface area contributed by atoms with E-state index in [4.69, 9.17) is 26.2 Å². The Morgan fingerprint density at radius 2 is 2.05 bits per heavy atom. The molecule has 0 aromatic heterocycles. The summed E-state index contributed by atoms with van der Waals surface area (Å²) in [5.74, 6) is 6.66. The van der Waals surface area contributed by atoms with Crippen LogP contribution in [-0.4, -0.2) is 37.8 Å². The predicted molar refractivity (Wildman–Crippen MR) is 70.5 cm³/mol. The van der Waals surface area contributed by atoms with Gasteiger partial charge in [0.25, 0.3) is 0 Å². The highest BCUT2D eigenvalue weighted by atomic mass is 16.6. The van der Waals surface area contributed by atoms with Crippen LogP contribution in [0.25, 0.3) is 0 Å². The predicted octanol–water partition coefficient (Wildman–Crippen LogP) is -0.0850. The molecule has 7 nitrogen and oxygen atoms in total. The second-order valence-corrected chi connectivity index (χ2v) is 4.15. The summed E-state index contributed by atoms with van der Waals surface area (Å²) in [6.45, 7) is 1.19. The quantitative estimate of drug-likeness (QED) is 0.296. The summed E-state index contributed by atoms with van der Waals surface area (Å²) in [7, 11) is 0. The summed E-state index contributed by atoms with van der Waals surface area (Å²) in [5.41, 5.74) is 7.07. The Morgan fingerprint density at radius 3 is 2.68 bits per heavy atom. The molecule has 7 heteroatoms. The number of hydrogen-bond donors (Lipinski definition) is 3. The summed E-state index contributed by atoms with van der Waals surface area (Å²) < 4.78 is 11.0. The third-order valence-corrected chi connectivity index (χ3v) is 2.82. The van der Waals surface area contributed by atoms with Crippen LogP contribution >= 0.6 is 0 Å². The molecule has 19 heavy (non-hydrogen) atoms. The van der Waals surface area contributed by atoms with Crippen molar-refractivity contribution in [3.8, 4) is 11.5 Å². The highest BCUT2D eigenvalue weighted by Gasteiger charge is 2.25. The van der Waals surface area contributed by atoms with Gasteiger partial charge in [-0.25, -0.2) is 5.84 Å². The zero-order valence-electron chi connectivity index (χ0n) is 10.5. The number of aliphatic hydroxyl groups is 1. The van der Waals surface area contributed by atoms with E-state index in [1.807, 2.05) is 0 Å². The van der Waals surface area contributed by atoms with Gasteiger partial charge in [-0.2, -0.15) is 0 Å². The van der Waals surface area contributed by atoms with Crippen molar-refractivity contribution in [3.63, 3.8) is 0 Å². The van der Waals surface area contributed by atoms with Crippen molar-refractivity contribution in [2.75, 3.05) is 37.1 Å². The van der Waals surface area contributed by atoms with Crippen molar-refractivity contribution >= 4 is 17.7 Å². The van der Waals surface area contributed by atoms with E-state index in [2.05, 4.69) is 0 Å². The monoisotopic (exact) mass is 267 g/mol. The number of ether oxygens (including phenoxy) is 2. The lowest BCUT2D eigenvalue weighted by molar-refractivity contribution is 0.111. The minimum Gasteiger partial charge on any atom is -0.485 e. The summed E-state index contributed by atoms with van der Waals surface area (Å²) in [6, 6.07) is 1.51. The van der Waals surface area contributed by atoms with Crippen LogP contribution in [-0.2, 0) is 0 Å². The number of aldehydes is 1. The number of nitrogens with zero attached hydrogens (tertiary/aromatic N) is 1. The molecule has 0 radical (unpaired) electrons. The Labute approximate surface area is 110 Å². The van der Waals surface area contributed by atoms with Gasteiger partial charge < -0.3 is 25.3 Å². The first-order valence-corrected chi connectivity index (χ1v) is 5.99. The summed E-state index contributed by atoms with van der Waals surface area (Å²) in [5, 5.41) is 10.2. The summed E-state index contributed by atoms with van der Waals surface area (Å²) in [4.78, 5) is 11.0. The van der Waals surface area contributed by atoms with Gasteiger partial charge in [0.05, 0.1) is 11.3 Å². The van der Waals surface area contributed by atoms with Gasteiger partial charge in [0.2, 0.25) is 0 Å². The maximum Gasteiger partial charge on any atom is 0.188 e. The van der Waals surface area contributed by atoms with E-state index in [1.165, 1.54) is 11.1 Å². The number of rotatable bonds is 5. The molecule has 1 aromatic carbocycles. The lowest BCUT2D eigenvalue weighted by atomic mass is 10.1. The molecule has 0 unspecified atom stereocenters. The number of nitrogens with two attached hydrogens (primary N) is 2. The molecule has 0 atom stereocenters. The highest BCUT2D eigenvalue weighted by Crippen LogP contribution is 2.45. The van der Waals surface area contributed by atoms with Gasteiger partial charge in [-0.1, -0.05) is 0 Å². The maximum absolute atomic E-state index is 11.0. The van der Waals surface area contributed by atoms with Gasteiger partial charge in [0.15, 0.2) is 17.8 Å². The fraction of sp³-hybridized carbons (Fsp3) is 0.417. The van der Waals surface area contributed by atoms with Gasteiger partial charge in [0, 0.05) is 13.2 Å². The van der Waals surface area contributed by atoms with Gasteiger partial charge in [-0.05, 0) is 12.5 Å². The van der Waals surface area contributed by atoms with Crippen LogP contribution in [0.15, 0.2) is 6.07 Å². The van der Waals surface area contributed by atoms with Crippen molar-refractivity contribution in [1.82, 2.24) is 0 Å². The van der Waals surface area contributed by atoms with Crippen LogP contribution in [0, 0.1) is 0 Å². The van der Waals surface area contributed by atoms with Gasteiger partial charge in [-0.15, -0.1) is 0 Å². The summed E-state index contributed by atoms with van der Waals surface area (Å²) in [6.07, 6.45) is 1.17. The van der Waals surface area contributed by atoms with Crippen molar-refractivity contribution in [3.05, 3.63) is 11.6 Å². The lowest BCUT2D eigenvalue weighted by Gasteiger charge is -2.28. The molecule has 5 N–H and O–H groups in total. The maximum atomic E-state index is 11.0. The Morgan fingerprint density at radius 1 is 1.37 bits per heavy atom. The Kier molecular flexibility index (Phi) is 4.08. The second kappa shape index (κ2) is 5.77. The topological polar surface area (TPSA) is 111 Å². The number of nitrogen functional groups attached to an aromatic ring is 1. The molecule has 0 spiro atoms. The Hall–Kier alpha value is -1.99. The molecule has 0 saturated carbocycles. The van der Waals surface area contributed by atoms with Crippen LogP contribution in [0.2, 0.25) is 0 Å². The molecule has 0 bridgehead atoms. The molecular formula is C12H17N3O4. The number of hydrogen-bond acceptors (Lipinski definition) is 7. The summed E-state index contributed by atoms with van der Waals surface area (Å²) >= 11 is 0. The van der Waals surface area contributed by atoms with Crippen LogP contribution in [0.5, 0.6) is 11.5 Å². The minimum absolute atomic E-state index is 0.0274. The van der Waals surface area contributed by atoms with E-state index in [1.54, 1.807) is 0 Å². The van der Waals surface area contributed by atoms with E-state index < -0.39 is 0 Å². The zero-order valence-corrected chi connectivity index (χ0v) is 10.5. The molecule has 1 aliphatic rings. The molecule has 0 fully saturated rings. The van der Waals surface area contributed by atoms with E-state index in [0.717, 1.165) is 0 Å². The minimum atomic E-state index is 0.0274. The van der Waals surface area contributed by atoms with Crippen LogP contribution in [0.3, 0.4) is 0 Å². The lowest BCUT2D eigenvalue weighted by Crippen LogP contribution is -2.34. The average Bonchev–Trinajstić information content (AvgIpc) is 2.43. The normalized spacial score (nSPS) is 13.2. The SMILES string of the molecule is Nc1cc(C=O)c2c(c1N(N)CCCO)OCCO2. The number of benzene rings is 1. The number of carbonyl (C=O) groups is 1. The van der Waals surface area contributed by atoms with Crippen LogP contribution < -0.4 is 26.1 Å². The molecule has 1 aliphatic heterocycles. The number of hydrazine groups is 1. The van der Waals surface area contributed by atoms with Crippen molar-refractivity contribution in [2.45, 2.75) is 6.42 Å². The van der Waals surface area contributed by atoms with Crippen molar-refractivity contribution in [1.29, 1.82) is 0 Å². The van der Waals surface area contributed by atoms with E-state index in [0.29, 0.717) is 60.9 Å². The van der Waals surface area contributed by atoms with Crippen LogP contribution in [0.4, 0.5) is 11.4 Å². The molecular weight excluding hydrogens is 250 g/mol. The second-order valence-electron chi connectivity index (χ2n) is 4.15. The smallest absolute Gasteiger partial charge is 0.188 e. The molecule has 0 amide bonds. The number of fused-ring (bicyclic) bond motifs is 1. The molecule has 104 valence electrons. The number of aliphatic hydroxyl groups excluding tert-OH is 1. The molecule has 0 aliphatic carbocycles. The standard InChI is InChI=1S/C12H17N3O4/c13-9-6-8(7-17)11-12(19-5-4-18-11)10(9)15(14)2-1-3-16/h6-7,16H,1-5,13-14H2. The molecule has 1 aromatic rings. The van der Waals surface area contributed by atoms with Crippen molar-refractivity contribution in [2.24, 2.45) is 5.84 Å². The van der Waals surface area contributed by atoms with Gasteiger partial charge in [-0.3, -0.25) is 4.79 Å².